The van der Waals surface area contributed by atoms with Crippen molar-refractivity contribution in [3.05, 3.63) is 101 Å². The molecule has 2 atom stereocenters. The van der Waals surface area contributed by atoms with Gasteiger partial charge in [0.05, 0.1) is 35.6 Å². The Bertz CT molecular complexity index is 1480. The summed E-state index contributed by atoms with van der Waals surface area (Å²) in [5.74, 6) is 0.0102. The van der Waals surface area contributed by atoms with Crippen molar-refractivity contribution in [2.24, 2.45) is 0 Å². The van der Waals surface area contributed by atoms with Gasteiger partial charge in [0.1, 0.15) is 11.6 Å². The zero-order chi connectivity index (χ0) is 28.1. The molecule has 0 spiro atoms. The van der Waals surface area contributed by atoms with E-state index in [1.807, 2.05) is 44.2 Å². The summed E-state index contributed by atoms with van der Waals surface area (Å²) in [6, 6.07) is 15.9. The summed E-state index contributed by atoms with van der Waals surface area (Å²) >= 11 is 6.11. The van der Waals surface area contributed by atoms with Gasteiger partial charge in [-0.25, -0.2) is 14.4 Å². The summed E-state index contributed by atoms with van der Waals surface area (Å²) in [4.78, 5) is 26.7. The van der Waals surface area contributed by atoms with Crippen LogP contribution in [0.2, 0.25) is 5.02 Å². The van der Waals surface area contributed by atoms with Crippen LogP contribution in [-0.4, -0.2) is 33.0 Å². The number of nitrogens with one attached hydrogen (secondary N) is 2. The van der Waals surface area contributed by atoms with Gasteiger partial charge in [-0.2, -0.15) is 0 Å². The Morgan fingerprint density at radius 3 is 2.75 bits per heavy atom. The summed E-state index contributed by atoms with van der Waals surface area (Å²) in [5, 5.41) is 6.83. The maximum atomic E-state index is 14.6. The number of halogens is 2. The first-order valence-corrected chi connectivity index (χ1v) is 13.8. The van der Waals surface area contributed by atoms with Crippen molar-refractivity contribution < 1.29 is 13.9 Å². The molecule has 1 aliphatic rings. The number of pyridine rings is 1. The van der Waals surface area contributed by atoms with E-state index in [2.05, 4.69) is 25.6 Å². The molecule has 2 unspecified atom stereocenters. The topological polar surface area (TPSA) is 89.0 Å². The predicted octanol–water partition coefficient (Wildman–Crippen LogP) is 7.07. The third-order valence-corrected chi connectivity index (χ3v) is 7.24. The van der Waals surface area contributed by atoms with Crippen molar-refractivity contribution in [1.82, 2.24) is 20.3 Å². The molecule has 2 aromatic carbocycles. The van der Waals surface area contributed by atoms with E-state index in [9.17, 15) is 9.18 Å². The second kappa shape index (κ2) is 12.5. The first-order valence-electron chi connectivity index (χ1n) is 13.4. The highest BCUT2D eigenvalue weighted by atomic mass is 35.5. The maximum Gasteiger partial charge on any atom is 0.255 e. The maximum absolute atomic E-state index is 14.6. The molecule has 7 nitrogen and oxygen atoms in total. The Labute approximate surface area is 238 Å². The molecule has 5 rings (SSSR count). The summed E-state index contributed by atoms with van der Waals surface area (Å²) < 4.78 is 20.8. The molecule has 0 saturated heterocycles. The standard InChI is InChI=1S/C31H31ClFN5O2/c1-19(2)23-17-35-29(22-15-21(32)11-12-25(22)33)38-30(23)36-26-13-14-34-16-24(26)31(39)37-27-9-6-10-28(27)40-18-20-7-4-3-5-8-20/h3-5,7-8,11-17,19,27-28H,6,9-10,18H2,1-2H3,(H,37,39)(H,34,35,36,38). The average molecular weight is 560 g/mol. The Hall–Kier alpha value is -3.88. The molecule has 40 heavy (non-hydrogen) atoms. The van der Waals surface area contributed by atoms with E-state index in [4.69, 9.17) is 16.3 Å². The fraction of sp³-hybridized carbons (Fsp3) is 0.290. The number of nitrogens with zero attached hydrogens (tertiary/aromatic N) is 3. The Morgan fingerprint density at radius 2 is 1.95 bits per heavy atom. The zero-order valence-corrected chi connectivity index (χ0v) is 23.2. The van der Waals surface area contributed by atoms with Crippen molar-refractivity contribution in [3.63, 3.8) is 0 Å². The first-order chi connectivity index (χ1) is 19.4. The lowest BCUT2D eigenvalue weighted by atomic mass is 10.1. The van der Waals surface area contributed by atoms with Crippen LogP contribution in [0.4, 0.5) is 15.9 Å². The summed E-state index contributed by atoms with van der Waals surface area (Å²) in [6.07, 6.45) is 7.44. The van der Waals surface area contributed by atoms with Gasteiger partial charge in [-0.1, -0.05) is 55.8 Å². The molecule has 1 saturated carbocycles. The molecule has 2 heterocycles. The Balaban J connectivity index is 1.36. The minimum Gasteiger partial charge on any atom is -0.371 e. The molecule has 2 aromatic heterocycles. The summed E-state index contributed by atoms with van der Waals surface area (Å²) in [5.41, 5.74) is 3.02. The molecule has 1 amide bonds. The molecule has 0 aliphatic heterocycles. The number of rotatable bonds is 9. The van der Waals surface area contributed by atoms with E-state index in [0.29, 0.717) is 28.7 Å². The van der Waals surface area contributed by atoms with Gasteiger partial charge >= 0.3 is 0 Å². The number of amides is 1. The third kappa shape index (κ3) is 6.46. The minimum atomic E-state index is -0.475. The van der Waals surface area contributed by atoms with E-state index < -0.39 is 5.82 Å². The van der Waals surface area contributed by atoms with Gasteiger partial charge in [0.25, 0.3) is 5.91 Å². The van der Waals surface area contributed by atoms with Crippen LogP contribution < -0.4 is 10.6 Å². The van der Waals surface area contributed by atoms with Crippen LogP contribution in [0.5, 0.6) is 0 Å². The van der Waals surface area contributed by atoms with Crippen LogP contribution >= 0.6 is 11.6 Å². The molecule has 0 bridgehead atoms. The van der Waals surface area contributed by atoms with Crippen LogP contribution in [0, 0.1) is 5.82 Å². The SMILES string of the molecule is CC(C)c1cnc(-c2cc(Cl)ccc2F)nc1Nc1ccncc1C(=O)NC1CCCC1OCc1ccccc1. The largest absolute Gasteiger partial charge is 0.371 e. The van der Waals surface area contributed by atoms with Crippen LogP contribution in [0.1, 0.15) is 60.5 Å². The highest BCUT2D eigenvalue weighted by Gasteiger charge is 2.30. The molecule has 2 N–H and O–H groups in total. The lowest BCUT2D eigenvalue weighted by Gasteiger charge is -2.22. The second-order valence-electron chi connectivity index (χ2n) is 10.2. The number of anilines is 2. The van der Waals surface area contributed by atoms with E-state index in [1.54, 1.807) is 18.5 Å². The molecule has 0 radical (unpaired) electrons. The Morgan fingerprint density at radius 1 is 1.12 bits per heavy atom. The molecule has 1 aliphatic carbocycles. The van der Waals surface area contributed by atoms with E-state index >= 15 is 0 Å². The van der Waals surface area contributed by atoms with Crippen LogP contribution in [0.25, 0.3) is 11.4 Å². The van der Waals surface area contributed by atoms with Crippen LogP contribution in [-0.2, 0) is 11.3 Å². The number of hydrogen-bond acceptors (Lipinski definition) is 6. The second-order valence-corrected chi connectivity index (χ2v) is 10.6. The molecule has 1 fully saturated rings. The van der Waals surface area contributed by atoms with Gasteiger partial charge < -0.3 is 15.4 Å². The highest BCUT2D eigenvalue weighted by Crippen LogP contribution is 2.31. The van der Waals surface area contributed by atoms with Crippen molar-refractivity contribution >= 4 is 29.0 Å². The lowest BCUT2D eigenvalue weighted by Crippen LogP contribution is -2.41. The quantitative estimate of drug-likeness (QED) is 0.228. The van der Waals surface area contributed by atoms with Gasteiger partial charge in [-0.15, -0.1) is 0 Å². The van der Waals surface area contributed by atoms with E-state index in [0.717, 1.165) is 30.4 Å². The molecule has 206 valence electrons. The third-order valence-electron chi connectivity index (χ3n) is 7.00. The summed E-state index contributed by atoms with van der Waals surface area (Å²) in [6.45, 7) is 4.53. The normalized spacial score (nSPS) is 16.7. The monoisotopic (exact) mass is 559 g/mol. The number of carbonyl (C=O) groups is 1. The van der Waals surface area contributed by atoms with Crippen molar-refractivity contribution in [2.45, 2.75) is 57.8 Å². The zero-order valence-electron chi connectivity index (χ0n) is 22.4. The Kier molecular flexibility index (Phi) is 8.67. The van der Waals surface area contributed by atoms with Gasteiger partial charge in [-0.3, -0.25) is 9.78 Å². The molecular weight excluding hydrogens is 529 g/mol. The van der Waals surface area contributed by atoms with Gasteiger partial charge in [0, 0.05) is 29.2 Å². The average Bonchev–Trinajstić information content (AvgIpc) is 3.40. The highest BCUT2D eigenvalue weighted by molar-refractivity contribution is 6.30. The molecule has 9 heteroatoms. The van der Waals surface area contributed by atoms with Gasteiger partial charge in [-0.05, 0) is 55.0 Å². The molecule has 4 aromatic rings. The number of ether oxygens (including phenoxy) is 1. The van der Waals surface area contributed by atoms with Crippen molar-refractivity contribution in [1.29, 1.82) is 0 Å². The van der Waals surface area contributed by atoms with E-state index in [-0.39, 0.29) is 35.4 Å². The smallest absolute Gasteiger partial charge is 0.255 e. The minimum absolute atomic E-state index is 0.0678. The van der Waals surface area contributed by atoms with E-state index in [1.165, 1.54) is 24.4 Å². The van der Waals surface area contributed by atoms with Crippen LogP contribution in [0.15, 0.2) is 73.2 Å². The van der Waals surface area contributed by atoms with Crippen LogP contribution in [0.3, 0.4) is 0 Å². The first kappa shape index (κ1) is 27.7. The predicted molar refractivity (Wildman–Crippen MR) is 154 cm³/mol. The lowest BCUT2D eigenvalue weighted by molar-refractivity contribution is 0.0272. The fourth-order valence-electron chi connectivity index (χ4n) is 4.84. The summed E-state index contributed by atoms with van der Waals surface area (Å²) in [7, 11) is 0. The number of aromatic nitrogens is 3. The number of benzene rings is 2. The number of hydrogen-bond donors (Lipinski definition) is 2. The fourth-order valence-corrected chi connectivity index (χ4v) is 5.01. The number of carbonyl (C=O) groups excluding carboxylic acids is 1. The van der Waals surface area contributed by atoms with Crippen molar-refractivity contribution in [3.8, 4) is 11.4 Å². The van der Waals surface area contributed by atoms with Gasteiger partial charge in [0.2, 0.25) is 0 Å². The van der Waals surface area contributed by atoms with Crippen molar-refractivity contribution in [2.75, 3.05) is 5.32 Å². The van der Waals surface area contributed by atoms with Gasteiger partial charge in [0.15, 0.2) is 5.82 Å². The molecular formula is C31H31ClFN5O2.